The summed E-state index contributed by atoms with van der Waals surface area (Å²) in [6.07, 6.45) is 8.20. The smallest absolute Gasteiger partial charge is 0.0522 e. The van der Waals surface area contributed by atoms with Crippen LogP contribution in [0, 0.1) is 11.3 Å². The van der Waals surface area contributed by atoms with Crippen LogP contribution in [0.3, 0.4) is 0 Å². The van der Waals surface area contributed by atoms with Crippen LogP contribution < -0.4 is 0 Å². The van der Waals surface area contributed by atoms with Crippen molar-refractivity contribution in [1.29, 1.82) is 0 Å². The lowest BCUT2D eigenvalue weighted by Crippen LogP contribution is -2.16. The largest absolute Gasteiger partial charge is 0.395 e. The number of rotatable bonds is 1. The molecule has 0 amide bonds. The van der Waals surface area contributed by atoms with E-state index in [1.165, 1.54) is 19.3 Å². The Balaban J connectivity index is 2.23. The van der Waals surface area contributed by atoms with Crippen LogP contribution in [-0.2, 0) is 0 Å². The zero-order valence-corrected chi connectivity index (χ0v) is 5.51. The van der Waals surface area contributed by atoms with Crippen molar-refractivity contribution in [3.63, 3.8) is 0 Å². The molecule has 2 aliphatic rings. The number of hydrogen-bond donors (Lipinski definition) is 1. The Hall–Kier alpha value is -0.300. The van der Waals surface area contributed by atoms with E-state index < -0.39 is 0 Å². The summed E-state index contributed by atoms with van der Waals surface area (Å²) in [5.41, 5.74) is 0.227. The van der Waals surface area contributed by atoms with Gasteiger partial charge >= 0.3 is 0 Å². The highest BCUT2D eigenvalue weighted by molar-refractivity contribution is 5.15. The Morgan fingerprint density at radius 2 is 2.56 bits per heavy atom. The molecule has 0 spiro atoms. The van der Waals surface area contributed by atoms with Crippen molar-refractivity contribution in [2.45, 2.75) is 19.3 Å². The van der Waals surface area contributed by atoms with Crippen LogP contribution in [0.15, 0.2) is 12.2 Å². The van der Waals surface area contributed by atoms with E-state index >= 15 is 0 Å². The predicted octanol–water partition coefficient (Wildman–Crippen LogP) is 1.33. The second-order valence-electron chi connectivity index (χ2n) is 3.38. The minimum Gasteiger partial charge on any atom is -0.395 e. The third kappa shape index (κ3) is 0.645. The van der Waals surface area contributed by atoms with Crippen molar-refractivity contribution in [1.82, 2.24) is 0 Å². The maximum atomic E-state index is 8.99. The monoisotopic (exact) mass is 124 g/mol. The predicted molar refractivity (Wildman–Crippen MR) is 36.0 cm³/mol. The van der Waals surface area contributed by atoms with E-state index in [4.69, 9.17) is 5.11 Å². The Morgan fingerprint density at radius 1 is 1.67 bits per heavy atom. The molecule has 1 heteroatoms. The zero-order chi connectivity index (χ0) is 6.32. The van der Waals surface area contributed by atoms with E-state index in [0.717, 1.165) is 5.92 Å². The summed E-state index contributed by atoms with van der Waals surface area (Å²) in [6.45, 7) is 0.361. The summed E-state index contributed by atoms with van der Waals surface area (Å²) >= 11 is 0. The van der Waals surface area contributed by atoms with E-state index in [9.17, 15) is 0 Å². The summed E-state index contributed by atoms with van der Waals surface area (Å²) < 4.78 is 0. The van der Waals surface area contributed by atoms with Crippen molar-refractivity contribution in [2.75, 3.05) is 6.61 Å². The highest BCUT2D eigenvalue weighted by Gasteiger charge is 2.39. The fourth-order valence-corrected chi connectivity index (χ4v) is 2.05. The number of hydrogen-bond acceptors (Lipinski definition) is 1. The van der Waals surface area contributed by atoms with Crippen LogP contribution >= 0.6 is 0 Å². The second kappa shape index (κ2) is 1.60. The first-order valence-electron chi connectivity index (χ1n) is 3.65. The first kappa shape index (κ1) is 5.48. The van der Waals surface area contributed by atoms with Crippen molar-refractivity contribution in [3.05, 3.63) is 12.2 Å². The van der Waals surface area contributed by atoms with Gasteiger partial charge in [-0.2, -0.15) is 0 Å². The first-order chi connectivity index (χ1) is 4.35. The summed E-state index contributed by atoms with van der Waals surface area (Å²) in [7, 11) is 0. The number of fused-ring (bicyclic) bond motifs is 2. The van der Waals surface area contributed by atoms with E-state index in [1.54, 1.807) is 0 Å². The standard InChI is InChI=1S/C8H12O/c9-6-8-3-1-7(5-8)2-4-8/h1,3,7,9H,2,4-6H2/t7-,8-/m1/s1. The fraction of sp³-hybridized carbons (Fsp3) is 0.750. The van der Waals surface area contributed by atoms with Crippen molar-refractivity contribution >= 4 is 0 Å². The zero-order valence-electron chi connectivity index (χ0n) is 5.51. The molecule has 1 nitrogen and oxygen atoms in total. The van der Waals surface area contributed by atoms with Crippen LogP contribution in [-0.4, -0.2) is 11.7 Å². The molecular weight excluding hydrogens is 112 g/mol. The molecular formula is C8H12O. The molecule has 2 bridgehead atoms. The summed E-state index contributed by atoms with van der Waals surface area (Å²) in [5.74, 6) is 0.803. The van der Waals surface area contributed by atoms with Crippen LogP contribution in [0.1, 0.15) is 19.3 Å². The SMILES string of the molecule is OC[C@]12C=C[C@H](CC1)C2. The van der Waals surface area contributed by atoms with Gasteiger partial charge in [0.2, 0.25) is 0 Å². The molecule has 1 saturated carbocycles. The van der Waals surface area contributed by atoms with Crippen molar-refractivity contribution in [3.8, 4) is 0 Å². The van der Waals surface area contributed by atoms with Gasteiger partial charge < -0.3 is 5.11 Å². The molecule has 0 aromatic carbocycles. The van der Waals surface area contributed by atoms with Crippen molar-refractivity contribution < 1.29 is 5.11 Å². The first-order valence-corrected chi connectivity index (χ1v) is 3.65. The van der Waals surface area contributed by atoms with Crippen LogP contribution in [0.25, 0.3) is 0 Å². The highest BCUT2D eigenvalue weighted by atomic mass is 16.3. The van der Waals surface area contributed by atoms with Crippen LogP contribution in [0.4, 0.5) is 0 Å². The normalized spacial score (nSPS) is 46.6. The van der Waals surface area contributed by atoms with Gasteiger partial charge in [-0.25, -0.2) is 0 Å². The fourth-order valence-electron chi connectivity index (χ4n) is 2.05. The van der Waals surface area contributed by atoms with E-state index in [2.05, 4.69) is 12.2 Å². The lowest BCUT2D eigenvalue weighted by atomic mass is 9.89. The molecule has 9 heavy (non-hydrogen) atoms. The van der Waals surface area contributed by atoms with Gasteiger partial charge in [-0.05, 0) is 25.2 Å². The average molecular weight is 124 g/mol. The highest BCUT2D eigenvalue weighted by Crippen LogP contribution is 2.48. The van der Waals surface area contributed by atoms with Gasteiger partial charge in [-0.1, -0.05) is 12.2 Å². The van der Waals surface area contributed by atoms with E-state index in [1.807, 2.05) is 0 Å². The Morgan fingerprint density at radius 3 is 2.78 bits per heavy atom. The lowest BCUT2D eigenvalue weighted by molar-refractivity contribution is 0.177. The van der Waals surface area contributed by atoms with Gasteiger partial charge in [0.15, 0.2) is 0 Å². The van der Waals surface area contributed by atoms with Gasteiger partial charge in [-0.3, -0.25) is 0 Å². The molecule has 0 saturated heterocycles. The Labute approximate surface area is 55.4 Å². The summed E-state index contributed by atoms with van der Waals surface area (Å²) in [5, 5.41) is 8.99. The maximum absolute atomic E-state index is 8.99. The third-order valence-corrected chi connectivity index (χ3v) is 2.72. The lowest BCUT2D eigenvalue weighted by Gasteiger charge is -2.18. The molecule has 0 radical (unpaired) electrons. The van der Waals surface area contributed by atoms with E-state index in [0.29, 0.717) is 6.61 Å². The van der Waals surface area contributed by atoms with Crippen LogP contribution in [0.2, 0.25) is 0 Å². The second-order valence-corrected chi connectivity index (χ2v) is 3.38. The van der Waals surface area contributed by atoms with Gasteiger partial charge in [0.25, 0.3) is 0 Å². The van der Waals surface area contributed by atoms with Gasteiger partial charge in [0, 0.05) is 5.41 Å². The molecule has 2 rings (SSSR count). The quantitative estimate of drug-likeness (QED) is 0.523. The van der Waals surface area contributed by atoms with Gasteiger partial charge in [0.05, 0.1) is 6.61 Å². The molecule has 2 atom stereocenters. The minimum absolute atomic E-state index is 0.227. The Bertz CT molecular complexity index is 151. The van der Waals surface area contributed by atoms with Gasteiger partial charge in [0.1, 0.15) is 0 Å². The maximum Gasteiger partial charge on any atom is 0.0522 e. The molecule has 0 aromatic rings. The molecule has 0 aliphatic heterocycles. The Kier molecular flexibility index (Phi) is 0.974. The molecule has 0 aromatic heterocycles. The number of aliphatic hydroxyl groups is 1. The molecule has 0 heterocycles. The summed E-state index contributed by atoms with van der Waals surface area (Å²) in [6, 6.07) is 0. The van der Waals surface area contributed by atoms with E-state index in [-0.39, 0.29) is 5.41 Å². The molecule has 1 fully saturated rings. The molecule has 1 N–H and O–H groups in total. The third-order valence-electron chi connectivity index (χ3n) is 2.72. The molecule has 50 valence electrons. The topological polar surface area (TPSA) is 20.2 Å². The van der Waals surface area contributed by atoms with Crippen molar-refractivity contribution in [2.24, 2.45) is 11.3 Å². The number of aliphatic hydroxyl groups excluding tert-OH is 1. The van der Waals surface area contributed by atoms with Crippen LogP contribution in [0.5, 0.6) is 0 Å². The molecule has 0 unspecified atom stereocenters. The minimum atomic E-state index is 0.227. The number of allylic oxidation sites excluding steroid dienone is 1. The average Bonchev–Trinajstić information content (AvgIpc) is 2.46. The summed E-state index contributed by atoms with van der Waals surface area (Å²) in [4.78, 5) is 0. The van der Waals surface area contributed by atoms with Gasteiger partial charge in [-0.15, -0.1) is 0 Å². The molecule has 2 aliphatic carbocycles.